The second kappa shape index (κ2) is 6.49. The molecule has 0 heterocycles. The lowest BCUT2D eigenvalue weighted by atomic mass is 9.99. The number of rotatable bonds is 3. The first-order chi connectivity index (χ1) is 11.5. The Labute approximate surface area is 146 Å². The van der Waals surface area contributed by atoms with Crippen LogP contribution in [0.3, 0.4) is 0 Å². The highest BCUT2D eigenvalue weighted by molar-refractivity contribution is 9.10. The number of amides is 1. The van der Waals surface area contributed by atoms with E-state index < -0.39 is 11.8 Å². The van der Waals surface area contributed by atoms with Crippen molar-refractivity contribution in [3.05, 3.63) is 69.7 Å². The van der Waals surface area contributed by atoms with Gasteiger partial charge < -0.3 is 0 Å². The molecule has 1 aliphatic carbocycles. The number of ketones is 2. The van der Waals surface area contributed by atoms with E-state index in [0.29, 0.717) is 16.7 Å². The Kier molecular flexibility index (Phi) is 4.40. The fraction of sp³-hybridized carbons (Fsp3) is 0.111. The topological polar surface area (TPSA) is 75.6 Å². The van der Waals surface area contributed by atoms with Crippen molar-refractivity contribution < 1.29 is 14.4 Å². The molecular weight excluding hydrogens is 372 g/mol. The van der Waals surface area contributed by atoms with Gasteiger partial charge in [-0.25, -0.2) is 5.43 Å². The number of hydrogen-bond acceptors (Lipinski definition) is 4. The molecule has 0 spiro atoms. The number of hydrazone groups is 1. The number of nitrogens with zero attached hydrogens (tertiary/aromatic N) is 1. The van der Waals surface area contributed by atoms with Crippen molar-refractivity contribution in [3.63, 3.8) is 0 Å². The molecule has 24 heavy (non-hydrogen) atoms. The van der Waals surface area contributed by atoms with Gasteiger partial charge in [0.05, 0.1) is 5.71 Å². The maximum absolute atomic E-state index is 12.4. The molecule has 1 amide bonds. The summed E-state index contributed by atoms with van der Waals surface area (Å²) in [6.07, 6.45) is 0. The van der Waals surface area contributed by atoms with E-state index in [1.807, 2.05) is 0 Å². The number of fused-ring (bicyclic) bond motifs is 1. The maximum Gasteiger partial charge on any atom is 0.271 e. The molecular formula is C18H13BrN2O3. The predicted octanol–water partition coefficient (Wildman–Crippen LogP) is 3.25. The number of hydrogen-bond donors (Lipinski definition) is 1. The van der Waals surface area contributed by atoms with Crippen LogP contribution in [0.5, 0.6) is 0 Å². The zero-order chi connectivity index (χ0) is 17.3. The fourth-order valence-electron chi connectivity index (χ4n) is 2.59. The molecule has 0 aromatic heterocycles. The molecule has 0 aliphatic heterocycles. The van der Waals surface area contributed by atoms with Crippen molar-refractivity contribution in [2.75, 3.05) is 0 Å². The van der Waals surface area contributed by atoms with E-state index in [1.54, 1.807) is 55.5 Å². The number of nitrogens with one attached hydrogen (secondary N) is 1. The molecule has 120 valence electrons. The van der Waals surface area contributed by atoms with Crippen molar-refractivity contribution in [2.24, 2.45) is 11.0 Å². The van der Waals surface area contributed by atoms with Crippen molar-refractivity contribution in [3.8, 4) is 0 Å². The zero-order valence-corrected chi connectivity index (χ0v) is 14.3. The van der Waals surface area contributed by atoms with Gasteiger partial charge in [0.1, 0.15) is 5.92 Å². The van der Waals surface area contributed by atoms with Crippen LogP contribution in [0.4, 0.5) is 0 Å². The summed E-state index contributed by atoms with van der Waals surface area (Å²) in [7, 11) is 0. The first-order valence-corrected chi connectivity index (χ1v) is 8.06. The molecule has 0 saturated heterocycles. The monoisotopic (exact) mass is 384 g/mol. The van der Waals surface area contributed by atoms with Crippen LogP contribution >= 0.6 is 15.9 Å². The third-order valence-corrected chi connectivity index (χ3v) is 4.37. The Bertz CT molecular complexity index is 837. The molecule has 0 saturated carbocycles. The van der Waals surface area contributed by atoms with Gasteiger partial charge in [0.15, 0.2) is 11.6 Å². The summed E-state index contributed by atoms with van der Waals surface area (Å²) in [5, 5.41) is 3.95. The first-order valence-electron chi connectivity index (χ1n) is 7.26. The van der Waals surface area contributed by atoms with E-state index in [1.165, 1.54) is 0 Å². The van der Waals surface area contributed by atoms with Crippen molar-refractivity contribution in [1.82, 2.24) is 5.43 Å². The lowest BCUT2D eigenvalue weighted by Crippen LogP contribution is -2.27. The van der Waals surface area contributed by atoms with Crippen LogP contribution in [-0.2, 0) is 0 Å². The van der Waals surface area contributed by atoms with Gasteiger partial charge in [-0.1, -0.05) is 40.2 Å². The summed E-state index contributed by atoms with van der Waals surface area (Å²) in [6, 6.07) is 13.5. The molecule has 0 bridgehead atoms. The van der Waals surface area contributed by atoms with Crippen LogP contribution in [0.2, 0.25) is 0 Å². The highest BCUT2D eigenvalue weighted by Gasteiger charge is 2.40. The molecule has 0 fully saturated rings. The Morgan fingerprint density at radius 2 is 1.54 bits per heavy atom. The van der Waals surface area contributed by atoms with Gasteiger partial charge >= 0.3 is 0 Å². The Balaban J connectivity index is 1.77. The average molecular weight is 385 g/mol. The Hall–Kier alpha value is -2.60. The van der Waals surface area contributed by atoms with Gasteiger partial charge in [-0.2, -0.15) is 5.10 Å². The largest absolute Gasteiger partial charge is 0.293 e. The summed E-state index contributed by atoms with van der Waals surface area (Å²) < 4.78 is 0.860. The van der Waals surface area contributed by atoms with Crippen LogP contribution < -0.4 is 5.43 Å². The van der Waals surface area contributed by atoms with Crippen molar-refractivity contribution in [2.45, 2.75) is 6.92 Å². The number of benzene rings is 2. The SMILES string of the molecule is C/C(=N\NC(=O)c1ccc(Br)cc1)C1C(=O)c2ccccc2C1=O. The Morgan fingerprint density at radius 1 is 1.00 bits per heavy atom. The van der Waals surface area contributed by atoms with E-state index in [-0.39, 0.29) is 17.3 Å². The van der Waals surface area contributed by atoms with E-state index in [2.05, 4.69) is 26.5 Å². The van der Waals surface area contributed by atoms with Gasteiger partial charge in [-0.3, -0.25) is 14.4 Å². The molecule has 5 nitrogen and oxygen atoms in total. The summed E-state index contributed by atoms with van der Waals surface area (Å²) >= 11 is 3.29. The molecule has 0 atom stereocenters. The number of carbonyl (C=O) groups is 3. The summed E-state index contributed by atoms with van der Waals surface area (Å²) in [5.74, 6) is -1.94. The van der Waals surface area contributed by atoms with Crippen LogP contribution in [0.25, 0.3) is 0 Å². The normalized spacial score (nSPS) is 14.7. The van der Waals surface area contributed by atoms with Crippen molar-refractivity contribution in [1.29, 1.82) is 0 Å². The Morgan fingerprint density at radius 3 is 2.08 bits per heavy atom. The van der Waals surface area contributed by atoms with Gasteiger partial charge in [0, 0.05) is 21.2 Å². The number of halogens is 1. The zero-order valence-electron chi connectivity index (χ0n) is 12.7. The molecule has 3 rings (SSSR count). The first kappa shape index (κ1) is 16.3. The fourth-order valence-corrected chi connectivity index (χ4v) is 2.86. The molecule has 1 N–H and O–H groups in total. The van der Waals surface area contributed by atoms with Crippen LogP contribution in [0.15, 0.2) is 58.1 Å². The van der Waals surface area contributed by atoms with E-state index in [0.717, 1.165) is 4.47 Å². The molecule has 1 aliphatic rings. The number of Topliss-reactive ketones (excluding diaryl/α,β-unsaturated/α-hetero) is 2. The molecule has 0 radical (unpaired) electrons. The van der Waals surface area contributed by atoms with Crippen LogP contribution in [-0.4, -0.2) is 23.2 Å². The number of carbonyl (C=O) groups excluding carboxylic acids is 3. The van der Waals surface area contributed by atoms with Crippen molar-refractivity contribution >= 4 is 39.1 Å². The minimum Gasteiger partial charge on any atom is -0.293 e. The van der Waals surface area contributed by atoms with E-state index in [4.69, 9.17) is 0 Å². The van der Waals surface area contributed by atoms with Crippen LogP contribution in [0, 0.1) is 5.92 Å². The highest BCUT2D eigenvalue weighted by Crippen LogP contribution is 2.27. The summed E-state index contributed by atoms with van der Waals surface area (Å²) in [4.78, 5) is 36.8. The summed E-state index contributed by atoms with van der Waals surface area (Å²) in [5.41, 5.74) is 3.90. The van der Waals surface area contributed by atoms with Gasteiger partial charge in [0.2, 0.25) is 0 Å². The van der Waals surface area contributed by atoms with Crippen LogP contribution in [0.1, 0.15) is 38.0 Å². The van der Waals surface area contributed by atoms with E-state index >= 15 is 0 Å². The average Bonchev–Trinajstić information content (AvgIpc) is 2.85. The minimum atomic E-state index is -0.965. The maximum atomic E-state index is 12.4. The van der Waals surface area contributed by atoms with Gasteiger partial charge in [-0.05, 0) is 31.2 Å². The smallest absolute Gasteiger partial charge is 0.271 e. The molecule has 6 heteroatoms. The lowest BCUT2D eigenvalue weighted by molar-refractivity contribution is 0.0877. The second-order valence-corrected chi connectivity index (χ2v) is 6.32. The quantitative estimate of drug-likeness (QED) is 0.501. The standard InChI is InChI=1S/C18H13BrN2O3/c1-10(20-21-18(24)11-6-8-12(19)9-7-11)15-16(22)13-4-2-3-5-14(13)17(15)23/h2-9,15H,1H3,(H,21,24)/b20-10+. The van der Waals surface area contributed by atoms with Gasteiger partial charge in [0.25, 0.3) is 5.91 Å². The van der Waals surface area contributed by atoms with E-state index in [9.17, 15) is 14.4 Å². The third-order valence-electron chi connectivity index (χ3n) is 3.84. The highest BCUT2D eigenvalue weighted by atomic mass is 79.9. The second-order valence-electron chi connectivity index (χ2n) is 5.41. The third kappa shape index (κ3) is 2.92. The predicted molar refractivity (Wildman–Crippen MR) is 93.3 cm³/mol. The van der Waals surface area contributed by atoms with Gasteiger partial charge in [-0.15, -0.1) is 0 Å². The molecule has 0 unspecified atom stereocenters. The molecule has 2 aromatic rings. The summed E-state index contributed by atoms with van der Waals surface area (Å²) in [6.45, 7) is 1.56. The molecule has 2 aromatic carbocycles. The minimum absolute atomic E-state index is 0.270. The lowest BCUT2D eigenvalue weighted by Gasteiger charge is -2.07.